The monoisotopic (exact) mass is 487 g/mol. The third kappa shape index (κ3) is 3.93. The number of furan rings is 1. The topological polar surface area (TPSA) is 16.4 Å². The van der Waals surface area contributed by atoms with E-state index in [1.54, 1.807) is 0 Å². The minimum atomic E-state index is 0.885. The first kappa shape index (κ1) is 22.1. The maximum Gasteiger partial charge on any atom is 0.137 e. The second-order valence-electron chi connectivity index (χ2n) is 9.41. The van der Waals surface area contributed by atoms with Crippen molar-refractivity contribution in [2.75, 3.05) is 4.90 Å². The van der Waals surface area contributed by atoms with Crippen LogP contribution in [0.2, 0.25) is 0 Å². The normalized spacial score (nSPS) is 11.2. The Morgan fingerprint density at radius 1 is 0.368 bits per heavy atom. The number of benzene rings is 6. The Hall–Kier alpha value is -5.08. The second-order valence-corrected chi connectivity index (χ2v) is 9.41. The van der Waals surface area contributed by atoms with Gasteiger partial charge < -0.3 is 9.32 Å². The Bertz CT molecular complexity index is 1750. The molecule has 38 heavy (non-hydrogen) atoms. The van der Waals surface area contributed by atoms with E-state index in [0.717, 1.165) is 39.0 Å². The van der Waals surface area contributed by atoms with E-state index in [2.05, 4.69) is 138 Å². The number of fused-ring (bicyclic) bond motifs is 3. The molecule has 0 radical (unpaired) electrons. The first-order chi connectivity index (χ1) is 18.8. The van der Waals surface area contributed by atoms with Crippen molar-refractivity contribution < 1.29 is 4.42 Å². The largest absolute Gasteiger partial charge is 0.456 e. The molecule has 180 valence electrons. The fourth-order valence-corrected chi connectivity index (χ4v) is 5.24. The molecule has 0 saturated heterocycles. The minimum Gasteiger partial charge on any atom is -0.456 e. The van der Waals surface area contributed by atoms with Gasteiger partial charge in [-0.2, -0.15) is 0 Å². The van der Waals surface area contributed by atoms with Crippen LogP contribution in [-0.2, 0) is 0 Å². The molecule has 7 rings (SSSR count). The third-order valence-corrected chi connectivity index (χ3v) is 7.09. The van der Waals surface area contributed by atoms with Crippen LogP contribution in [0.4, 0.5) is 17.1 Å². The van der Waals surface area contributed by atoms with Crippen LogP contribution in [0, 0.1) is 0 Å². The van der Waals surface area contributed by atoms with E-state index in [-0.39, 0.29) is 0 Å². The van der Waals surface area contributed by atoms with Crippen molar-refractivity contribution in [2.45, 2.75) is 0 Å². The summed E-state index contributed by atoms with van der Waals surface area (Å²) < 4.78 is 6.24. The SMILES string of the molecule is c1ccc(-c2ccc(N(c3ccc(-c4ccccc4)cc3)c3cccc4oc5ccccc5c34)cc2)cc1. The molecule has 1 aromatic heterocycles. The van der Waals surface area contributed by atoms with Crippen LogP contribution >= 0.6 is 0 Å². The van der Waals surface area contributed by atoms with Crippen LogP contribution < -0.4 is 4.90 Å². The summed E-state index contributed by atoms with van der Waals surface area (Å²) in [5.74, 6) is 0. The predicted octanol–water partition coefficient (Wildman–Crippen LogP) is 10.4. The van der Waals surface area contributed by atoms with Gasteiger partial charge in [0.25, 0.3) is 0 Å². The lowest BCUT2D eigenvalue weighted by molar-refractivity contribution is 0.669. The number of para-hydroxylation sites is 1. The zero-order valence-electron chi connectivity index (χ0n) is 20.8. The molecule has 0 aliphatic carbocycles. The molecule has 0 spiro atoms. The molecule has 0 bridgehead atoms. The molecule has 0 saturated carbocycles. The van der Waals surface area contributed by atoms with E-state index >= 15 is 0 Å². The lowest BCUT2D eigenvalue weighted by Crippen LogP contribution is -2.10. The molecule has 2 nitrogen and oxygen atoms in total. The average molecular weight is 488 g/mol. The molecule has 0 N–H and O–H groups in total. The zero-order chi connectivity index (χ0) is 25.3. The van der Waals surface area contributed by atoms with Crippen molar-refractivity contribution >= 4 is 39.0 Å². The van der Waals surface area contributed by atoms with Crippen LogP contribution in [0.15, 0.2) is 156 Å². The fourth-order valence-electron chi connectivity index (χ4n) is 5.24. The highest BCUT2D eigenvalue weighted by Gasteiger charge is 2.19. The van der Waals surface area contributed by atoms with E-state index < -0.39 is 0 Å². The van der Waals surface area contributed by atoms with Crippen molar-refractivity contribution in [1.29, 1.82) is 0 Å². The van der Waals surface area contributed by atoms with E-state index in [4.69, 9.17) is 4.42 Å². The van der Waals surface area contributed by atoms with E-state index in [1.807, 2.05) is 18.2 Å². The lowest BCUT2D eigenvalue weighted by Gasteiger charge is -2.26. The highest BCUT2D eigenvalue weighted by atomic mass is 16.3. The van der Waals surface area contributed by atoms with Gasteiger partial charge in [-0.15, -0.1) is 0 Å². The van der Waals surface area contributed by atoms with Gasteiger partial charge in [-0.25, -0.2) is 0 Å². The minimum absolute atomic E-state index is 0.885. The molecule has 0 aliphatic heterocycles. The first-order valence-corrected chi connectivity index (χ1v) is 12.9. The van der Waals surface area contributed by atoms with Gasteiger partial charge in [-0.05, 0) is 64.7 Å². The van der Waals surface area contributed by atoms with Gasteiger partial charge in [0, 0.05) is 16.8 Å². The van der Waals surface area contributed by atoms with E-state index in [9.17, 15) is 0 Å². The molecule has 7 aromatic rings. The van der Waals surface area contributed by atoms with Crippen molar-refractivity contribution in [2.24, 2.45) is 0 Å². The molecule has 2 heteroatoms. The summed E-state index contributed by atoms with van der Waals surface area (Å²) in [6.45, 7) is 0. The van der Waals surface area contributed by atoms with Crippen LogP contribution in [0.25, 0.3) is 44.2 Å². The average Bonchev–Trinajstić information content (AvgIpc) is 3.38. The van der Waals surface area contributed by atoms with Gasteiger partial charge in [0.2, 0.25) is 0 Å². The smallest absolute Gasteiger partial charge is 0.137 e. The molecule has 0 amide bonds. The van der Waals surface area contributed by atoms with Gasteiger partial charge in [-0.3, -0.25) is 0 Å². The Morgan fingerprint density at radius 3 is 1.42 bits per heavy atom. The number of hydrogen-bond acceptors (Lipinski definition) is 2. The van der Waals surface area contributed by atoms with Crippen LogP contribution in [-0.4, -0.2) is 0 Å². The van der Waals surface area contributed by atoms with Crippen molar-refractivity contribution in [3.63, 3.8) is 0 Å². The summed E-state index contributed by atoms with van der Waals surface area (Å²) >= 11 is 0. The lowest BCUT2D eigenvalue weighted by atomic mass is 10.0. The Labute approximate surface area is 222 Å². The second kappa shape index (κ2) is 9.42. The summed E-state index contributed by atoms with van der Waals surface area (Å²) in [6.07, 6.45) is 0. The number of hydrogen-bond donors (Lipinski definition) is 0. The number of anilines is 3. The molecular formula is C36H25NO. The van der Waals surface area contributed by atoms with Gasteiger partial charge in [0.05, 0.1) is 11.1 Å². The zero-order valence-corrected chi connectivity index (χ0v) is 20.8. The highest BCUT2D eigenvalue weighted by molar-refractivity contribution is 6.13. The molecule has 0 fully saturated rings. The quantitative estimate of drug-likeness (QED) is 0.240. The Morgan fingerprint density at radius 2 is 0.842 bits per heavy atom. The molecule has 6 aromatic carbocycles. The maximum absolute atomic E-state index is 6.24. The Kier molecular flexibility index (Phi) is 5.49. The summed E-state index contributed by atoms with van der Waals surface area (Å²) in [6, 6.07) is 53.2. The maximum atomic E-state index is 6.24. The molecule has 0 aliphatic rings. The van der Waals surface area contributed by atoms with Gasteiger partial charge in [0.1, 0.15) is 11.2 Å². The number of nitrogens with zero attached hydrogens (tertiary/aromatic N) is 1. The fraction of sp³-hybridized carbons (Fsp3) is 0. The predicted molar refractivity (Wildman–Crippen MR) is 159 cm³/mol. The summed E-state index contributed by atoms with van der Waals surface area (Å²) in [7, 11) is 0. The molecule has 0 atom stereocenters. The first-order valence-electron chi connectivity index (χ1n) is 12.9. The van der Waals surface area contributed by atoms with Gasteiger partial charge in [-0.1, -0.05) is 109 Å². The standard InChI is InChI=1S/C36H25NO/c1-3-10-26(11-4-1)28-18-22-30(23-19-28)37(31-24-20-29(21-25-31)27-12-5-2-6-13-27)33-15-9-17-35-36(33)32-14-7-8-16-34(32)38-35/h1-25H. The van der Waals surface area contributed by atoms with E-state index in [0.29, 0.717) is 0 Å². The molecular weight excluding hydrogens is 462 g/mol. The van der Waals surface area contributed by atoms with E-state index in [1.165, 1.54) is 22.3 Å². The molecule has 0 unspecified atom stereocenters. The highest BCUT2D eigenvalue weighted by Crippen LogP contribution is 2.43. The summed E-state index contributed by atoms with van der Waals surface area (Å²) in [5, 5.41) is 2.23. The summed E-state index contributed by atoms with van der Waals surface area (Å²) in [5.41, 5.74) is 9.87. The van der Waals surface area contributed by atoms with Crippen molar-refractivity contribution in [1.82, 2.24) is 0 Å². The molecule has 1 heterocycles. The van der Waals surface area contributed by atoms with Crippen LogP contribution in [0.3, 0.4) is 0 Å². The van der Waals surface area contributed by atoms with Crippen molar-refractivity contribution in [3.05, 3.63) is 152 Å². The van der Waals surface area contributed by atoms with Gasteiger partial charge >= 0.3 is 0 Å². The van der Waals surface area contributed by atoms with Crippen LogP contribution in [0.5, 0.6) is 0 Å². The number of rotatable bonds is 5. The van der Waals surface area contributed by atoms with Gasteiger partial charge in [0.15, 0.2) is 0 Å². The van der Waals surface area contributed by atoms with Crippen molar-refractivity contribution in [3.8, 4) is 22.3 Å². The summed E-state index contributed by atoms with van der Waals surface area (Å²) in [4.78, 5) is 2.33. The third-order valence-electron chi connectivity index (χ3n) is 7.09. The Balaban J connectivity index is 1.40. The van der Waals surface area contributed by atoms with Crippen LogP contribution in [0.1, 0.15) is 0 Å².